The first kappa shape index (κ1) is 11.9. The van der Waals surface area contributed by atoms with Gasteiger partial charge >= 0.3 is 0 Å². The van der Waals surface area contributed by atoms with E-state index >= 15 is 0 Å². The van der Waals surface area contributed by atoms with Crippen LogP contribution in [0.15, 0.2) is 29.2 Å². The van der Waals surface area contributed by atoms with Gasteiger partial charge in [0.15, 0.2) is 0 Å². The second-order valence-electron chi connectivity index (χ2n) is 3.10. The van der Waals surface area contributed by atoms with Crippen LogP contribution < -0.4 is 21.9 Å². The van der Waals surface area contributed by atoms with Crippen molar-refractivity contribution in [3.05, 3.63) is 24.3 Å². The Labute approximate surface area is 99.1 Å². The van der Waals surface area contributed by atoms with E-state index in [4.69, 9.17) is 5.11 Å². The van der Waals surface area contributed by atoms with Gasteiger partial charge in [-0.05, 0) is 19.1 Å². The van der Waals surface area contributed by atoms with Crippen molar-refractivity contribution in [3.8, 4) is 0 Å². The van der Waals surface area contributed by atoms with Gasteiger partial charge in [0.2, 0.25) is 0 Å². The fourth-order valence-corrected chi connectivity index (χ4v) is 2.82. The van der Waals surface area contributed by atoms with Crippen LogP contribution in [0, 0.1) is 0 Å². The average molecular weight is 275 g/mol. The lowest BCUT2D eigenvalue weighted by Crippen LogP contribution is -3.00. The predicted molar refractivity (Wildman–Crippen MR) is 56.2 cm³/mol. The standard InChI is InChI=1S/C10H13NOS.BrH/c1-8-11(6-7-12)9-4-2-3-5-10(9)13-8;/h2-5,8,12H,6-7H2,1H3;1H/p-1. The van der Waals surface area contributed by atoms with E-state index in [-0.39, 0.29) is 23.6 Å². The van der Waals surface area contributed by atoms with E-state index in [1.54, 1.807) is 0 Å². The summed E-state index contributed by atoms with van der Waals surface area (Å²) in [5.41, 5.74) is 1.26. The average Bonchev–Trinajstić information content (AvgIpc) is 2.44. The molecule has 1 N–H and O–H groups in total. The van der Waals surface area contributed by atoms with Gasteiger partial charge in [-0.25, -0.2) is 0 Å². The van der Waals surface area contributed by atoms with Crippen molar-refractivity contribution < 1.29 is 22.1 Å². The van der Waals surface area contributed by atoms with Crippen molar-refractivity contribution in [2.45, 2.75) is 17.2 Å². The summed E-state index contributed by atoms with van der Waals surface area (Å²) >= 11 is 1.85. The quantitative estimate of drug-likeness (QED) is 0.744. The molecule has 0 spiro atoms. The van der Waals surface area contributed by atoms with Crippen molar-refractivity contribution in [1.82, 2.24) is 0 Å². The third-order valence-electron chi connectivity index (χ3n) is 2.25. The van der Waals surface area contributed by atoms with Crippen LogP contribution in [0.2, 0.25) is 0 Å². The first-order valence-electron chi connectivity index (χ1n) is 4.46. The number of halogens is 1. The monoisotopic (exact) mass is 274 g/mol. The summed E-state index contributed by atoms with van der Waals surface area (Å²) in [6.45, 7) is 3.12. The maximum absolute atomic E-state index is 8.92. The molecule has 0 bridgehead atoms. The number of para-hydroxylation sites is 1. The molecule has 1 atom stereocenters. The molecule has 2 nitrogen and oxygen atoms in total. The molecule has 0 aromatic heterocycles. The summed E-state index contributed by atoms with van der Waals surface area (Å²) < 4.78 is 0. The van der Waals surface area contributed by atoms with Crippen molar-refractivity contribution in [2.75, 3.05) is 18.1 Å². The molecule has 0 saturated carbocycles. The maximum atomic E-state index is 8.92. The Kier molecular flexibility index (Phi) is 4.29. The van der Waals surface area contributed by atoms with Crippen molar-refractivity contribution >= 4 is 17.4 Å². The molecule has 1 unspecified atom stereocenters. The van der Waals surface area contributed by atoms with E-state index in [1.807, 2.05) is 17.8 Å². The predicted octanol–water partition coefficient (Wildman–Crippen LogP) is -1.06. The number of benzene rings is 1. The number of anilines is 1. The Morgan fingerprint density at radius 3 is 2.86 bits per heavy atom. The molecule has 1 aliphatic rings. The number of nitrogens with zero attached hydrogens (tertiary/aromatic N) is 1. The lowest BCUT2D eigenvalue weighted by Gasteiger charge is -2.22. The summed E-state index contributed by atoms with van der Waals surface area (Å²) in [6, 6.07) is 8.35. The number of thioether (sulfide) groups is 1. The Bertz CT molecular complexity index is 308. The smallest absolute Gasteiger partial charge is 0.0771 e. The Morgan fingerprint density at radius 2 is 2.14 bits per heavy atom. The summed E-state index contributed by atoms with van der Waals surface area (Å²) in [5, 5.41) is 9.37. The highest BCUT2D eigenvalue weighted by molar-refractivity contribution is 8.00. The topological polar surface area (TPSA) is 23.5 Å². The minimum absolute atomic E-state index is 0. The lowest BCUT2D eigenvalue weighted by molar-refractivity contribution is -0.00000366. The molecular weight excluding hydrogens is 262 g/mol. The number of hydrogen-bond acceptors (Lipinski definition) is 3. The third-order valence-corrected chi connectivity index (χ3v) is 3.45. The Morgan fingerprint density at radius 1 is 1.43 bits per heavy atom. The van der Waals surface area contributed by atoms with E-state index in [2.05, 4.69) is 30.0 Å². The van der Waals surface area contributed by atoms with Gasteiger partial charge in [-0.2, -0.15) is 0 Å². The van der Waals surface area contributed by atoms with Gasteiger partial charge in [-0.1, -0.05) is 23.9 Å². The number of hydrogen-bond donors (Lipinski definition) is 1. The zero-order chi connectivity index (χ0) is 9.26. The molecule has 4 heteroatoms. The second kappa shape index (κ2) is 5.05. The summed E-state index contributed by atoms with van der Waals surface area (Å²) in [6.07, 6.45) is 0. The fourth-order valence-electron chi connectivity index (χ4n) is 1.65. The van der Waals surface area contributed by atoms with Gasteiger partial charge in [0, 0.05) is 11.4 Å². The van der Waals surface area contributed by atoms with Crippen molar-refractivity contribution in [3.63, 3.8) is 0 Å². The molecule has 0 saturated heterocycles. The molecule has 1 aromatic carbocycles. The minimum atomic E-state index is 0. The molecular formula is C10H13BrNOS-. The largest absolute Gasteiger partial charge is 1.00 e. The summed E-state index contributed by atoms with van der Waals surface area (Å²) in [4.78, 5) is 3.56. The van der Waals surface area contributed by atoms with Gasteiger partial charge in [0.1, 0.15) is 0 Å². The number of aliphatic hydroxyl groups excluding tert-OH is 1. The molecule has 0 aliphatic carbocycles. The van der Waals surface area contributed by atoms with Gasteiger partial charge in [-0.3, -0.25) is 0 Å². The van der Waals surface area contributed by atoms with Crippen molar-refractivity contribution in [1.29, 1.82) is 0 Å². The number of fused-ring (bicyclic) bond motifs is 1. The fraction of sp³-hybridized carbons (Fsp3) is 0.400. The van der Waals surface area contributed by atoms with Crippen LogP contribution in [0.25, 0.3) is 0 Å². The lowest BCUT2D eigenvalue weighted by atomic mass is 10.3. The Hall–Kier alpha value is -0.190. The zero-order valence-electron chi connectivity index (χ0n) is 7.98. The number of rotatable bonds is 2. The van der Waals surface area contributed by atoms with Gasteiger partial charge in [-0.15, -0.1) is 0 Å². The molecule has 0 radical (unpaired) electrons. The molecule has 78 valence electrons. The van der Waals surface area contributed by atoms with Crippen LogP contribution in [0.1, 0.15) is 6.92 Å². The van der Waals surface area contributed by atoms with Crippen LogP contribution in [0.5, 0.6) is 0 Å². The van der Waals surface area contributed by atoms with Gasteiger partial charge < -0.3 is 27.0 Å². The van der Waals surface area contributed by atoms with E-state index in [0.717, 1.165) is 6.54 Å². The van der Waals surface area contributed by atoms with Crippen LogP contribution in [0.3, 0.4) is 0 Å². The second-order valence-corrected chi connectivity index (χ2v) is 4.46. The minimum Gasteiger partial charge on any atom is -1.00 e. The van der Waals surface area contributed by atoms with E-state index in [1.165, 1.54) is 10.6 Å². The normalized spacial score (nSPS) is 19.0. The highest BCUT2D eigenvalue weighted by atomic mass is 79.9. The van der Waals surface area contributed by atoms with E-state index in [9.17, 15) is 0 Å². The molecule has 1 heterocycles. The molecule has 0 amide bonds. The first-order valence-corrected chi connectivity index (χ1v) is 5.34. The van der Waals surface area contributed by atoms with Gasteiger partial charge in [0.25, 0.3) is 0 Å². The summed E-state index contributed by atoms with van der Waals surface area (Å²) in [5.74, 6) is 0. The Balaban J connectivity index is 0.000000980. The highest BCUT2D eigenvalue weighted by Crippen LogP contribution is 2.42. The molecule has 0 fully saturated rings. The molecule has 1 aliphatic heterocycles. The molecule has 1 aromatic rings. The van der Waals surface area contributed by atoms with Crippen LogP contribution in [-0.2, 0) is 0 Å². The number of β-amino-alcohol motifs (C(OH)–C–C–N with tert-alkyl or cyclic N) is 1. The van der Waals surface area contributed by atoms with Gasteiger partial charge in [0.05, 0.1) is 17.7 Å². The van der Waals surface area contributed by atoms with Crippen LogP contribution in [0.4, 0.5) is 5.69 Å². The highest BCUT2D eigenvalue weighted by Gasteiger charge is 2.25. The van der Waals surface area contributed by atoms with E-state index < -0.39 is 0 Å². The summed E-state index contributed by atoms with van der Waals surface area (Å²) in [7, 11) is 0. The first-order chi connectivity index (χ1) is 6.33. The SMILES string of the molecule is CC1Sc2ccccc2N1CCO.[Br-]. The van der Waals surface area contributed by atoms with Crippen molar-refractivity contribution in [2.24, 2.45) is 0 Å². The molecule has 2 rings (SSSR count). The third kappa shape index (κ3) is 2.07. The zero-order valence-corrected chi connectivity index (χ0v) is 10.4. The molecule has 14 heavy (non-hydrogen) atoms. The van der Waals surface area contributed by atoms with Crippen LogP contribution in [-0.4, -0.2) is 23.6 Å². The number of aliphatic hydroxyl groups is 1. The van der Waals surface area contributed by atoms with Crippen LogP contribution >= 0.6 is 11.8 Å². The maximum Gasteiger partial charge on any atom is 0.0771 e. The van der Waals surface area contributed by atoms with E-state index in [0.29, 0.717) is 5.37 Å².